The van der Waals surface area contributed by atoms with Gasteiger partial charge in [-0.25, -0.2) is 0 Å². The van der Waals surface area contributed by atoms with E-state index in [1.165, 1.54) is 0 Å². The van der Waals surface area contributed by atoms with Crippen LogP contribution in [0.15, 0.2) is 24.3 Å². The second-order valence-corrected chi connectivity index (χ2v) is 4.26. The molecule has 18 heavy (non-hydrogen) atoms. The smallest absolute Gasteiger partial charge is 0.241 e. The van der Waals surface area contributed by atoms with Crippen LogP contribution in [0, 0.1) is 0 Å². The summed E-state index contributed by atoms with van der Waals surface area (Å²) in [5.41, 5.74) is 6.47. The molecule has 0 fully saturated rings. The Morgan fingerprint density at radius 1 is 1.39 bits per heavy atom. The van der Waals surface area contributed by atoms with Crippen LogP contribution in [0.4, 0.5) is 5.69 Å². The van der Waals surface area contributed by atoms with E-state index in [9.17, 15) is 4.79 Å². The first-order valence-corrected chi connectivity index (χ1v) is 6.46. The van der Waals surface area contributed by atoms with Crippen molar-refractivity contribution in [2.75, 3.05) is 11.9 Å². The number of benzene rings is 1. The van der Waals surface area contributed by atoms with E-state index in [2.05, 4.69) is 12.2 Å². The van der Waals surface area contributed by atoms with Crippen LogP contribution < -0.4 is 15.8 Å². The fourth-order valence-corrected chi connectivity index (χ4v) is 1.56. The molecule has 4 nitrogen and oxygen atoms in total. The predicted molar refractivity (Wildman–Crippen MR) is 73.7 cm³/mol. The number of ether oxygens (including phenoxy) is 1. The van der Waals surface area contributed by atoms with Gasteiger partial charge in [-0.15, -0.1) is 0 Å². The minimum atomic E-state index is -0.449. The molecule has 0 aromatic heterocycles. The van der Waals surface area contributed by atoms with Crippen LogP contribution in [0.3, 0.4) is 0 Å². The molecular formula is C14H22N2O2. The highest BCUT2D eigenvalue weighted by atomic mass is 16.5. The third-order valence-corrected chi connectivity index (χ3v) is 2.51. The van der Waals surface area contributed by atoms with Crippen molar-refractivity contribution in [3.63, 3.8) is 0 Å². The number of nitrogens with one attached hydrogen (secondary N) is 1. The highest BCUT2D eigenvalue weighted by Gasteiger charge is 2.12. The van der Waals surface area contributed by atoms with Gasteiger partial charge in [0.2, 0.25) is 5.91 Å². The monoisotopic (exact) mass is 250 g/mol. The van der Waals surface area contributed by atoms with E-state index in [-0.39, 0.29) is 5.91 Å². The number of amides is 1. The number of nitrogens with two attached hydrogens (primary N) is 1. The van der Waals surface area contributed by atoms with Gasteiger partial charge in [0.15, 0.2) is 0 Å². The molecule has 1 aromatic carbocycles. The van der Waals surface area contributed by atoms with Crippen molar-refractivity contribution in [3.8, 4) is 5.75 Å². The first-order valence-electron chi connectivity index (χ1n) is 6.46. The number of carbonyl (C=O) groups is 1. The Kier molecular flexibility index (Phi) is 6.22. The number of rotatable bonds is 7. The van der Waals surface area contributed by atoms with E-state index in [1.807, 2.05) is 31.2 Å². The fraction of sp³-hybridized carbons (Fsp3) is 0.500. The van der Waals surface area contributed by atoms with Crippen LogP contribution in [-0.4, -0.2) is 18.6 Å². The van der Waals surface area contributed by atoms with Crippen LogP contribution >= 0.6 is 0 Å². The lowest BCUT2D eigenvalue weighted by atomic mass is 10.1. The summed E-state index contributed by atoms with van der Waals surface area (Å²) < 4.78 is 5.50. The largest absolute Gasteiger partial charge is 0.494 e. The normalized spacial score (nSPS) is 11.9. The zero-order valence-electron chi connectivity index (χ0n) is 11.1. The quantitative estimate of drug-likeness (QED) is 0.781. The molecule has 0 saturated carbocycles. The molecule has 0 aliphatic carbocycles. The van der Waals surface area contributed by atoms with Gasteiger partial charge in [0.25, 0.3) is 0 Å². The van der Waals surface area contributed by atoms with Gasteiger partial charge >= 0.3 is 0 Å². The fourth-order valence-electron chi connectivity index (χ4n) is 1.56. The maximum absolute atomic E-state index is 11.8. The van der Waals surface area contributed by atoms with E-state index < -0.39 is 6.04 Å². The molecule has 1 atom stereocenters. The number of hydrogen-bond acceptors (Lipinski definition) is 3. The van der Waals surface area contributed by atoms with Crippen LogP contribution in [0.25, 0.3) is 0 Å². The summed E-state index contributed by atoms with van der Waals surface area (Å²) in [6.45, 7) is 4.73. The van der Waals surface area contributed by atoms with Gasteiger partial charge in [-0.2, -0.15) is 0 Å². The van der Waals surface area contributed by atoms with Crippen molar-refractivity contribution in [2.24, 2.45) is 5.73 Å². The molecule has 0 bridgehead atoms. The summed E-state index contributed by atoms with van der Waals surface area (Å²) >= 11 is 0. The Labute approximate surface area is 109 Å². The number of anilines is 1. The SMILES string of the molecule is CCCOc1cccc(NC(=O)[C@@H](N)CCC)c1. The second-order valence-electron chi connectivity index (χ2n) is 4.26. The summed E-state index contributed by atoms with van der Waals surface area (Å²) in [6.07, 6.45) is 2.55. The van der Waals surface area contributed by atoms with E-state index in [0.29, 0.717) is 13.0 Å². The zero-order valence-corrected chi connectivity index (χ0v) is 11.1. The van der Waals surface area contributed by atoms with Crippen molar-refractivity contribution in [1.82, 2.24) is 0 Å². The first-order chi connectivity index (χ1) is 8.67. The Bertz CT molecular complexity index is 380. The van der Waals surface area contributed by atoms with E-state index in [0.717, 1.165) is 24.3 Å². The summed E-state index contributed by atoms with van der Waals surface area (Å²) in [5.74, 6) is 0.614. The van der Waals surface area contributed by atoms with Gasteiger partial charge in [0.05, 0.1) is 12.6 Å². The van der Waals surface area contributed by atoms with Crippen molar-refractivity contribution in [1.29, 1.82) is 0 Å². The molecule has 0 heterocycles. The van der Waals surface area contributed by atoms with Gasteiger partial charge in [-0.3, -0.25) is 4.79 Å². The Morgan fingerprint density at radius 2 is 2.17 bits per heavy atom. The first kappa shape index (κ1) is 14.5. The van der Waals surface area contributed by atoms with Crippen molar-refractivity contribution in [2.45, 2.75) is 39.2 Å². The molecule has 0 unspecified atom stereocenters. The molecule has 0 saturated heterocycles. The molecule has 3 N–H and O–H groups in total. The maximum atomic E-state index is 11.8. The van der Waals surface area contributed by atoms with Gasteiger partial charge < -0.3 is 15.8 Å². The lowest BCUT2D eigenvalue weighted by Gasteiger charge is -2.12. The molecule has 0 aliphatic heterocycles. The molecule has 0 spiro atoms. The van der Waals surface area contributed by atoms with E-state index in [4.69, 9.17) is 10.5 Å². The van der Waals surface area contributed by atoms with Gasteiger partial charge in [-0.1, -0.05) is 26.3 Å². The third kappa shape index (κ3) is 4.75. The van der Waals surface area contributed by atoms with Crippen LogP contribution in [0.2, 0.25) is 0 Å². The third-order valence-electron chi connectivity index (χ3n) is 2.51. The second kappa shape index (κ2) is 7.71. The summed E-state index contributed by atoms with van der Waals surface area (Å²) in [4.78, 5) is 11.8. The van der Waals surface area contributed by atoms with Crippen molar-refractivity contribution in [3.05, 3.63) is 24.3 Å². The molecular weight excluding hydrogens is 228 g/mol. The van der Waals surface area contributed by atoms with Gasteiger partial charge in [-0.05, 0) is 25.0 Å². The molecule has 0 radical (unpaired) electrons. The minimum Gasteiger partial charge on any atom is -0.494 e. The van der Waals surface area contributed by atoms with Crippen LogP contribution in [0.1, 0.15) is 33.1 Å². The molecule has 1 amide bonds. The van der Waals surface area contributed by atoms with Crippen molar-refractivity contribution < 1.29 is 9.53 Å². The lowest BCUT2D eigenvalue weighted by molar-refractivity contribution is -0.117. The standard InChI is InChI=1S/C14H22N2O2/c1-3-6-13(15)14(17)16-11-7-5-8-12(10-11)18-9-4-2/h5,7-8,10,13H,3-4,6,9,15H2,1-2H3,(H,16,17)/t13-/m0/s1. The van der Waals surface area contributed by atoms with Crippen molar-refractivity contribution >= 4 is 11.6 Å². The summed E-state index contributed by atoms with van der Waals surface area (Å²) in [5, 5.41) is 2.80. The van der Waals surface area contributed by atoms with Gasteiger partial charge in [0.1, 0.15) is 5.75 Å². The Hall–Kier alpha value is -1.55. The topological polar surface area (TPSA) is 64.3 Å². The Balaban J connectivity index is 2.58. The molecule has 1 rings (SSSR count). The molecule has 4 heteroatoms. The zero-order chi connectivity index (χ0) is 13.4. The maximum Gasteiger partial charge on any atom is 0.241 e. The highest BCUT2D eigenvalue weighted by Crippen LogP contribution is 2.17. The lowest BCUT2D eigenvalue weighted by Crippen LogP contribution is -2.35. The van der Waals surface area contributed by atoms with E-state index >= 15 is 0 Å². The minimum absolute atomic E-state index is 0.149. The molecule has 0 aliphatic rings. The summed E-state index contributed by atoms with van der Waals surface area (Å²) in [7, 11) is 0. The van der Waals surface area contributed by atoms with Gasteiger partial charge in [0, 0.05) is 11.8 Å². The number of carbonyl (C=O) groups excluding carboxylic acids is 1. The Morgan fingerprint density at radius 3 is 2.83 bits per heavy atom. The van der Waals surface area contributed by atoms with E-state index in [1.54, 1.807) is 0 Å². The average molecular weight is 250 g/mol. The summed E-state index contributed by atoms with van der Waals surface area (Å²) in [6, 6.07) is 6.92. The highest BCUT2D eigenvalue weighted by molar-refractivity contribution is 5.94. The van der Waals surface area contributed by atoms with Crippen LogP contribution in [-0.2, 0) is 4.79 Å². The predicted octanol–water partition coefficient (Wildman–Crippen LogP) is 2.54. The molecule has 100 valence electrons. The molecule has 1 aromatic rings. The average Bonchev–Trinajstić information content (AvgIpc) is 2.37. The number of hydrogen-bond donors (Lipinski definition) is 2. The van der Waals surface area contributed by atoms with Crippen LogP contribution in [0.5, 0.6) is 5.75 Å².